The summed E-state index contributed by atoms with van der Waals surface area (Å²) in [7, 11) is 0. The second-order valence-corrected chi connectivity index (χ2v) is 5.15. The molecule has 0 spiro atoms. The van der Waals surface area contributed by atoms with Crippen LogP contribution in [0.1, 0.15) is 29.3 Å². The summed E-state index contributed by atoms with van der Waals surface area (Å²) in [6.45, 7) is 2.91. The third-order valence-corrected chi connectivity index (χ3v) is 3.56. The average molecular weight is 303 g/mol. The number of rotatable bonds is 3. The molecule has 0 aromatic heterocycles. The summed E-state index contributed by atoms with van der Waals surface area (Å²) in [6, 6.07) is 2.51. The fourth-order valence-electron chi connectivity index (χ4n) is 2.32. The van der Waals surface area contributed by atoms with Gasteiger partial charge in [-0.3, -0.25) is 0 Å². The van der Waals surface area contributed by atoms with Crippen molar-refractivity contribution in [1.82, 2.24) is 0 Å². The average Bonchev–Trinajstić information content (AvgIpc) is 2.40. The van der Waals surface area contributed by atoms with E-state index in [9.17, 15) is 18.0 Å². The molecule has 0 radical (unpaired) electrons. The topological polar surface area (TPSA) is 58.6 Å². The number of alkyl halides is 3. The van der Waals surface area contributed by atoms with Gasteiger partial charge >= 0.3 is 12.1 Å². The van der Waals surface area contributed by atoms with Gasteiger partial charge in [0.2, 0.25) is 0 Å². The Morgan fingerprint density at radius 1 is 1.43 bits per heavy atom. The maximum atomic E-state index is 12.8. The minimum Gasteiger partial charge on any atom is -0.478 e. The predicted octanol–water partition coefficient (Wildman–Crippen LogP) is 3.24. The van der Waals surface area contributed by atoms with Crippen LogP contribution < -0.4 is 5.32 Å². The molecule has 0 saturated carbocycles. The number of carboxylic acid groups (broad SMARTS) is 1. The molecule has 1 aliphatic heterocycles. The molecule has 7 heteroatoms. The Kier molecular flexibility index (Phi) is 4.41. The van der Waals surface area contributed by atoms with E-state index in [-0.39, 0.29) is 23.2 Å². The highest BCUT2D eigenvalue weighted by atomic mass is 19.4. The van der Waals surface area contributed by atoms with Gasteiger partial charge in [-0.2, -0.15) is 13.2 Å². The predicted molar refractivity (Wildman–Crippen MR) is 70.4 cm³/mol. The molecule has 2 rings (SSSR count). The van der Waals surface area contributed by atoms with Crippen molar-refractivity contribution in [3.8, 4) is 0 Å². The Labute approximate surface area is 119 Å². The molecule has 116 valence electrons. The van der Waals surface area contributed by atoms with E-state index >= 15 is 0 Å². The first kappa shape index (κ1) is 15.6. The fraction of sp³-hybridized carbons (Fsp3) is 0.500. The zero-order valence-electron chi connectivity index (χ0n) is 11.4. The van der Waals surface area contributed by atoms with Crippen molar-refractivity contribution in [2.75, 3.05) is 18.5 Å². The lowest BCUT2D eigenvalue weighted by Gasteiger charge is -2.31. The first-order valence-electron chi connectivity index (χ1n) is 6.58. The summed E-state index contributed by atoms with van der Waals surface area (Å²) in [5.41, 5.74) is -1.03. The van der Waals surface area contributed by atoms with Crippen molar-refractivity contribution in [2.24, 2.45) is 5.92 Å². The largest absolute Gasteiger partial charge is 0.478 e. The highest BCUT2D eigenvalue weighted by Gasteiger charge is 2.32. The number of nitrogens with one attached hydrogen (secondary N) is 1. The molecule has 4 nitrogen and oxygen atoms in total. The van der Waals surface area contributed by atoms with Gasteiger partial charge in [0.05, 0.1) is 17.7 Å². The number of anilines is 1. The summed E-state index contributed by atoms with van der Waals surface area (Å²) >= 11 is 0. The van der Waals surface area contributed by atoms with Crippen LogP contribution in [0.5, 0.6) is 0 Å². The van der Waals surface area contributed by atoms with E-state index in [1.807, 2.05) is 6.92 Å². The zero-order valence-corrected chi connectivity index (χ0v) is 11.4. The van der Waals surface area contributed by atoms with E-state index in [1.165, 1.54) is 0 Å². The molecular weight excluding hydrogens is 287 g/mol. The molecule has 1 aromatic carbocycles. The number of aromatic carboxylic acids is 1. The van der Waals surface area contributed by atoms with Crippen molar-refractivity contribution >= 4 is 11.7 Å². The Bertz CT molecular complexity index is 531. The van der Waals surface area contributed by atoms with Gasteiger partial charge in [0.1, 0.15) is 0 Å². The number of halogens is 3. The molecule has 1 aromatic rings. The van der Waals surface area contributed by atoms with Crippen molar-refractivity contribution < 1.29 is 27.8 Å². The normalized spacial score (nSPS) is 22.9. The van der Waals surface area contributed by atoms with E-state index in [4.69, 9.17) is 9.84 Å². The second kappa shape index (κ2) is 5.93. The van der Waals surface area contributed by atoms with Crippen molar-refractivity contribution in [1.29, 1.82) is 0 Å². The molecule has 0 amide bonds. The summed E-state index contributed by atoms with van der Waals surface area (Å²) in [5, 5.41) is 12.0. The van der Waals surface area contributed by atoms with Gasteiger partial charge in [-0.15, -0.1) is 0 Å². The molecule has 2 atom stereocenters. The minimum absolute atomic E-state index is 0.00363. The molecule has 21 heavy (non-hydrogen) atoms. The van der Waals surface area contributed by atoms with E-state index in [2.05, 4.69) is 5.32 Å². The minimum atomic E-state index is -4.51. The van der Waals surface area contributed by atoms with Crippen LogP contribution in [-0.4, -0.2) is 30.3 Å². The SMILES string of the molecule is C[C@H]1COCC[C@H]1Nc1cc(C(F)(F)F)ccc1C(=O)O. The summed E-state index contributed by atoms with van der Waals surface area (Å²) in [4.78, 5) is 11.2. The fourth-order valence-corrected chi connectivity index (χ4v) is 2.32. The van der Waals surface area contributed by atoms with Gasteiger partial charge in [-0.05, 0) is 30.5 Å². The van der Waals surface area contributed by atoms with E-state index in [0.717, 1.165) is 18.2 Å². The van der Waals surface area contributed by atoms with Crippen LogP contribution in [0.3, 0.4) is 0 Å². The Morgan fingerprint density at radius 2 is 2.14 bits per heavy atom. The standard InChI is InChI=1S/C14H16F3NO3/c1-8-7-21-5-4-11(8)18-12-6-9(14(15,16)17)2-3-10(12)13(19)20/h2-3,6,8,11,18H,4-5,7H2,1H3,(H,19,20)/t8-,11+/m0/s1. The van der Waals surface area contributed by atoms with Crippen molar-refractivity contribution in [2.45, 2.75) is 25.6 Å². The lowest BCUT2D eigenvalue weighted by atomic mass is 9.96. The Hall–Kier alpha value is -1.76. The molecule has 1 fully saturated rings. The number of hydrogen-bond acceptors (Lipinski definition) is 3. The van der Waals surface area contributed by atoms with Crippen LogP contribution in [0.4, 0.5) is 18.9 Å². The summed E-state index contributed by atoms with van der Waals surface area (Å²) in [6.07, 6.45) is -3.88. The van der Waals surface area contributed by atoms with E-state index in [0.29, 0.717) is 19.6 Å². The van der Waals surface area contributed by atoms with Gasteiger partial charge in [-0.1, -0.05) is 6.92 Å². The first-order chi connectivity index (χ1) is 9.79. The van der Waals surface area contributed by atoms with Crippen LogP contribution in [0, 0.1) is 5.92 Å². The number of ether oxygens (including phenoxy) is 1. The number of benzene rings is 1. The Morgan fingerprint density at radius 3 is 2.71 bits per heavy atom. The molecular formula is C14H16F3NO3. The quantitative estimate of drug-likeness (QED) is 0.900. The molecule has 0 bridgehead atoms. The molecule has 0 unspecified atom stereocenters. The van der Waals surface area contributed by atoms with E-state index < -0.39 is 17.7 Å². The molecule has 1 saturated heterocycles. The maximum Gasteiger partial charge on any atom is 0.416 e. The summed E-state index contributed by atoms with van der Waals surface area (Å²) < 4.78 is 43.6. The molecule has 1 aliphatic rings. The van der Waals surface area contributed by atoms with E-state index in [1.54, 1.807) is 0 Å². The summed E-state index contributed by atoms with van der Waals surface area (Å²) in [5.74, 6) is -1.17. The van der Waals surface area contributed by atoms with Gasteiger partial charge in [0, 0.05) is 18.3 Å². The highest BCUT2D eigenvalue weighted by molar-refractivity contribution is 5.94. The van der Waals surface area contributed by atoms with Crippen molar-refractivity contribution in [3.05, 3.63) is 29.3 Å². The number of carboxylic acids is 1. The monoisotopic (exact) mass is 303 g/mol. The second-order valence-electron chi connectivity index (χ2n) is 5.15. The van der Waals surface area contributed by atoms with Gasteiger partial charge in [0.15, 0.2) is 0 Å². The van der Waals surface area contributed by atoms with Crippen LogP contribution in [0.2, 0.25) is 0 Å². The third-order valence-electron chi connectivity index (χ3n) is 3.56. The number of hydrogen-bond donors (Lipinski definition) is 2. The van der Waals surface area contributed by atoms with Gasteiger partial charge in [-0.25, -0.2) is 4.79 Å². The lowest BCUT2D eigenvalue weighted by molar-refractivity contribution is -0.137. The lowest BCUT2D eigenvalue weighted by Crippen LogP contribution is -2.36. The third kappa shape index (κ3) is 3.66. The van der Waals surface area contributed by atoms with Crippen LogP contribution in [0.15, 0.2) is 18.2 Å². The van der Waals surface area contributed by atoms with Gasteiger partial charge in [0.25, 0.3) is 0 Å². The van der Waals surface area contributed by atoms with Gasteiger partial charge < -0.3 is 15.2 Å². The van der Waals surface area contributed by atoms with Crippen LogP contribution in [0.25, 0.3) is 0 Å². The molecule has 2 N–H and O–H groups in total. The maximum absolute atomic E-state index is 12.8. The van der Waals surface area contributed by atoms with Crippen LogP contribution >= 0.6 is 0 Å². The Balaban J connectivity index is 2.32. The molecule has 1 heterocycles. The highest BCUT2D eigenvalue weighted by Crippen LogP contribution is 2.33. The smallest absolute Gasteiger partial charge is 0.416 e. The number of carbonyl (C=O) groups is 1. The zero-order chi connectivity index (χ0) is 15.6. The van der Waals surface area contributed by atoms with Crippen LogP contribution in [-0.2, 0) is 10.9 Å². The first-order valence-corrected chi connectivity index (χ1v) is 6.58. The molecule has 0 aliphatic carbocycles. The van der Waals surface area contributed by atoms with Crippen molar-refractivity contribution in [3.63, 3.8) is 0 Å².